The molecule has 2 aromatic carbocycles. The lowest BCUT2D eigenvalue weighted by Crippen LogP contribution is -2.15. The van der Waals surface area contributed by atoms with Crippen molar-refractivity contribution in [3.05, 3.63) is 68.4 Å². The fraction of sp³-hybridized carbons (Fsp3) is 0.200. The van der Waals surface area contributed by atoms with E-state index >= 15 is 0 Å². The molecule has 1 nitrogen and oxygen atoms in total. The average molecular weight is 343 g/mol. The van der Waals surface area contributed by atoms with E-state index in [-0.39, 0.29) is 11.9 Å². The highest BCUT2D eigenvalue weighted by atomic mass is 79.9. The van der Waals surface area contributed by atoms with E-state index in [1.807, 2.05) is 25.1 Å². The molecule has 0 aliphatic rings. The lowest BCUT2D eigenvalue weighted by atomic mass is 9.96. The van der Waals surface area contributed by atoms with Crippen LogP contribution in [0, 0.1) is 12.7 Å². The second kappa shape index (κ2) is 6.04. The Bertz CT molecular complexity index is 601. The average Bonchev–Trinajstić information content (AvgIpc) is 2.32. The van der Waals surface area contributed by atoms with E-state index in [0.717, 1.165) is 15.6 Å². The van der Waals surface area contributed by atoms with E-state index in [1.165, 1.54) is 6.07 Å². The molecule has 0 bridgehead atoms. The van der Waals surface area contributed by atoms with Crippen LogP contribution in [0.4, 0.5) is 4.39 Å². The molecule has 4 heteroatoms. The van der Waals surface area contributed by atoms with Gasteiger partial charge in [-0.15, -0.1) is 0 Å². The lowest BCUT2D eigenvalue weighted by molar-refractivity contribution is 0.593. The Labute approximate surface area is 125 Å². The molecule has 2 aromatic rings. The van der Waals surface area contributed by atoms with Gasteiger partial charge in [-0.3, -0.25) is 0 Å². The molecular formula is C15H14BrClFN. The van der Waals surface area contributed by atoms with Gasteiger partial charge >= 0.3 is 0 Å². The Hall–Kier alpha value is -0.900. The normalized spacial score (nSPS) is 12.5. The van der Waals surface area contributed by atoms with Crippen LogP contribution >= 0.6 is 27.5 Å². The van der Waals surface area contributed by atoms with E-state index < -0.39 is 0 Å². The SMILES string of the molecule is Cc1cc(Br)ccc1C(N)Cc1ccc(Cl)cc1F. The van der Waals surface area contributed by atoms with E-state index in [0.29, 0.717) is 17.0 Å². The third-order valence-corrected chi connectivity index (χ3v) is 3.81. The third kappa shape index (κ3) is 3.56. The summed E-state index contributed by atoms with van der Waals surface area (Å²) in [6.45, 7) is 2.00. The van der Waals surface area contributed by atoms with Crippen LogP contribution in [0.5, 0.6) is 0 Å². The van der Waals surface area contributed by atoms with Crippen molar-refractivity contribution in [3.8, 4) is 0 Å². The fourth-order valence-electron chi connectivity index (χ4n) is 2.09. The number of aryl methyl sites for hydroxylation is 1. The molecule has 0 amide bonds. The van der Waals surface area contributed by atoms with Crippen molar-refractivity contribution >= 4 is 27.5 Å². The number of hydrogen-bond donors (Lipinski definition) is 1. The number of nitrogens with two attached hydrogens (primary N) is 1. The highest BCUT2D eigenvalue weighted by Gasteiger charge is 2.13. The maximum Gasteiger partial charge on any atom is 0.127 e. The highest BCUT2D eigenvalue weighted by molar-refractivity contribution is 9.10. The molecule has 0 aromatic heterocycles. The predicted molar refractivity (Wildman–Crippen MR) is 80.9 cm³/mol. The molecule has 0 fully saturated rings. The molecule has 2 rings (SSSR count). The Morgan fingerprint density at radius 1 is 1.26 bits per heavy atom. The van der Waals surface area contributed by atoms with E-state index in [1.54, 1.807) is 12.1 Å². The molecule has 0 saturated heterocycles. The van der Waals surface area contributed by atoms with E-state index in [4.69, 9.17) is 17.3 Å². The first-order valence-electron chi connectivity index (χ1n) is 5.93. The Balaban J connectivity index is 2.23. The molecular weight excluding hydrogens is 329 g/mol. The molecule has 0 aliphatic carbocycles. The minimum atomic E-state index is -0.308. The minimum Gasteiger partial charge on any atom is -0.324 e. The predicted octanol–water partition coefficient (Wildman–Crippen LogP) is 4.79. The monoisotopic (exact) mass is 341 g/mol. The minimum absolute atomic E-state index is 0.233. The zero-order valence-corrected chi connectivity index (χ0v) is 12.8. The fourth-order valence-corrected chi connectivity index (χ4v) is 2.72. The van der Waals surface area contributed by atoms with Gasteiger partial charge in [0.15, 0.2) is 0 Å². The van der Waals surface area contributed by atoms with Gasteiger partial charge in [-0.1, -0.05) is 39.7 Å². The molecule has 0 heterocycles. The van der Waals surface area contributed by atoms with Crippen molar-refractivity contribution in [2.45, 2.75) is 19.4 Å². The zero-order chi connectivity index (χ0) is 14.0. The molecule has 100 valence electrons. The summed E-state index contributed by atoms with van der Waals surface area (Å²) < 4.78 is 14.8. The molecule has 0 spiro atoms. The van der Waals surface area contributed by atoms with Gasteiger partial charge in [0.05, 0.1) is 0 Å². The van der Waals surface area contributed by atoms with Gasteiger partial charge in [-0.25, -0.2) is 4.39 Å². The first-order chi connectivity index (χ1) is 8.97. The van der Waals surface area contributed by atoms with Crippen molar-refractivity contribution in [1.29, 1.82) is 0 Å². The Morgan fingerprint density at radius 3 is 2.63 bits per heavy atom. The summed E-state index contributed by atoms with van der Waals surface area (Å²) in [6.07, 6.45) is 0.450. The molecule has 1 atom stereocenters. The van der Waals surface area contributed by atoms with Gasteiger partial charge in [0, 0.05) is 15.5 Å². The quantitative estimate of drug-likeness (QED) is 0.852. The van der Waals surface area contributed by atoms with Crippen LogP contribution in [0.3, 0.4) is 0 Å². The summed E-state index contributed by atoms with van der Waals surface area (Å²) >= 11 is 9.15. The maximum absolute atomic E-state index is 13.7. The van der Waals surface area contributed by atoms with Crippen LogP contribution in [-0.4, -0.2) is 0 Å². The first kappa shape index (κ1) is 14.5. The smallest absolute Gasteiger partial charge is 0.127 e. The number of halogens is 3. The number of rotatable bonds is 3. The third-order valence-electron chi connectivity index (χ3n) is 3.09. The standard InChI is InChI=1S/C15H14BrClFN/c1-9-6-11(16)3-5-13(9)15(19)7-10-2-4-12(17)8-14(10)18/h2-6,8,15H,7,19H2,1H3. The van der Waals surface area contributed by atoms with Crippen LogP contribution in [0.1, 0.15) is 22.7 Å². The summed E-state index contributed by atoms with van der Waals surface area (Å²) in [5.74, 6) is -0.308. The molecule has 0 aliphatic heterocycles. The molecule has 1 unspecified atom stereocenters. The van der Waals surface area contributed by atoms with Crippen LogP contribution in [0.2, 0.25) is 5.02 Å². The van der Waals surface area contributed by atoms with Crippen LogP contribution in [0.25, 0.3) is 0 Å². The van der Waals surface area contributed by atoms with Crippen molar-refractivity contribution in [2.24, 2.45) is 5.73 Å². The Kier molecular flexibility index (Phi) is 4.61. The van der Waals surface area contributed by atoms with E-state index in [9.17, 15) is 4.39 Å². The Morgan fingerprint density at radius 2 is 2.00 bits per heavy atom. The van der Waals surface area contributed by atoms with Gasteiger partial charge in [0.1, 0.15) is 5.82 Å². The summed E-state index contributed by atoms with van der Waals surface area (Å²) in [5.41, 5.74) is 8.87. The first-order valence-corrected chi connectivity index (χ1v) is 7.10. The van der Waals surface area contributed by atoms with Crippen molar-refractivity contribution in [2.75, 3.05) is 0 Å². The molecule has 19 heavy (non-hydrogen) atoms. The topological polar surface area (TPSA) is 26.0 Å². The number of hydrogen-bond acceptors (Lipinski definition) is 1. The van der Waals surface area contributed by atoms with Crippen molar-refractivity contribution in [1.82, 2.24) is 0 Å². The largest absolute Gasteiger partial charge is 0.324 e. The summed E-state index contributed by atoms with van der Waals surface area (Å²) in [5, 5.41) is 0.398. The van der Waals surface area contributed by atoms with Gasteiger partial charge in [0.2, 0.25) is 0 Å². The van der Waals surface area contributed by atoms with Crippen molar-refractivity contribution in [3.63, 3.8) is 0 Å². The van der Waals surface area contributed by atoms with Crippen LogP contribution < -0.4 is 5.73 Å². The highest BCUT2D eigenvalue weighted by Crippen LogP contribution is 2.24. The second-order valence-corrected chi connectivity index (χ2v) is 5.90. The molecule has 0 saturated carbocycles. The van der Waals surface area contributed by atoms with Crippen LogP contribution in [0.15, 0.2) is 40.9 Å². The second-order valence-electron chi connectivity index (χ2n) is 4.55. The summed E-state index contributed by atoms with van der Waals surface area (Å²) in [4.78, 5) is 0. The van der Waals surface area contributed by atoms with Gasteiger partial charge in [0.25, 0.3) is 0 Å². The zero-order valence-electron chi connectivity index (χ0n) is 10.5. The molecule has 2 N–H and O–H groups in total. The van der Waals surface area contributed by atoms with Gasteiger partial charge in [-0.2, -0.15) is 0 Å². The van der Waals surface area contributed by atoms with Gasteiger partial charge in [-0.05, 0) is 54.3 Å². The maximum atomic E-state index is 13.7. The van der Waals surface area contributed by atoms with Crippen molar-refractivity contribution < 1.29 is 4.39 Å². The number of benzene rings is 2. The lowest BCUT2D eigenvalue weighted by Gasteiger charge is -2.15. The van der Waals surface area contributed by atoms with E-state index in [2.05, 4.69) is 15.9 Å². The van der Waals surface area contributed by atoms with Crippen LogP contribution in [-0.2, 0) is 6.42 Å². The van der Waals surface area contributed by atoms with Gasteiger partial charge < -0.3 is 5.73 Å². The summed E-state index contributed by atoms with van der Waals surface area (Å²) in [6, 6.07) is 10.4. The summed E-state index contributed by atoms with van der Waals surface area (Å²) in [7, 11) is 0. The molecule has 0 radical (unpaired) electrons.